The minimum Gasteiger partial charge on any atom is -0.393 e. The number of nitro groups is 1. The third kappa shape index (κ3) is 3.46. The monoisotopic (exact) mass is 279 g/mol. The summed E-state index contributed by atoms with van der Waals surface area (Å²) in [4.78, 5) is 12.6. The maximum atomic E-state index is 10.7. The van der Waals surface area contributed by atoms with Crippen molar-refractivity contribution >= 4 is 11.4 Å². The normalized spacial score (nSPS) is 22.6. The van der Waals surface area contributed by atoms with E-state index in [9.17, 15) is 10.1 Å². The average molecular weight is 279 g/mol. The Morgan fingerprint density at radius 2 is 2.25 bits per heavy atom. The molecule has 0 aliphatic carbocycles. The van der Waals surface area contributed by atoms with Gasteiger partial charge in [0.1, 0.15) is 5.69 Å². The summed E-state index contributed by atoms with van der Waals surface area (Å²) in [6.45, 7) is 8.59. The molecule has 0 bridgehead atoms. The molecule has 6 heteroatoms. The molecule has 110 valence electrons. The Morgan fingerprint density at radius 3 is 2.80 bits per heavy atom. The molecule has 1 aliphatic heterocycles. The first-order valence-electron chi connectivity index (χ1n) is 6.70. The number of morpholine rings is 1. The van der Waals surface area contributed by atoms with E-state index in [1.54, 1.807) is 12.1 Å². The molecule has 0 saturated carbocycles. The number of hydrogen-bond acceptors (Lipinski definition) is 5. The third-order valence-corrected chi connectivity index (χ3v) is 3.33. The van der Waals surface area contributed by atoms with Gasteiger partial charge < -0.3 is 10.5 Å². The van der Waals surface area contributed by atoms with Crippen LogP contribution in [0.3, 0.4) is 0 Å². The van der Waals surface area contributed by atoms with Crippen LogP contribution in [0.25, 0.3) is 0 Å². The fourth-order valence-electron chi connectivity index (χ4n) is 2.83. The van der Waals surface area contributed by atoms with E-state index in [0.29, 0.717) is 0 Å². The molecule has 2 rings (SSSR count). The smallest absolute Gasteiger partial charge is 0.292 e. The Bertz CT molecular complexity index is 516. The van der Waals surface area contributed by atoms with Gasteiger partial charge in [0.25, 0.3) is 5.69 Å². The van der Waals surface area contributed by atoms with Crippen molar-refractivity contribution in [2.24, 2.45) is 0 Å². The van der Waals surface area contributed by atoms with Crippen molar-refractivity contribution in [3.63, 3.8) is 0 Å². The van der Waals surface area contributed by atoms with E-state index < -0.39 is 4.92 Å². The topological polar surface area (TPSA) is 81.6 Å². The first-order chi connectivity index (χ1) is 9.27. The number of nitrogens with two attached hydrogens (primary N) is 1. The second-order valence-electron chi connectivity index (χ2n) is 6.01. The summed E-state index contributed by atoms with van der Waals surface area (Å²) < 4.78 is 5.86. The molecule has 1 saturated heterocycles. The van der Waals surface area contributed by atoms with Gasteiger partial charge in [0, 0.05) is 25.7 Å². The Kier molecular flexibility index (Phi) is 3.96. The SMILES string of the molecule is CC1CN(Cc2ccc([N+](=O)[O-])c(N)c2)CC(C)(C)O1. The maximum absolute atomic E-state index is 10.7. The van der Waals surface area contributed by atoms with Crippen LogP contribution in [-0.2, 0) is 11.3 Å². The van der Waals surface area contributed by atoms with E-state index in [1.165, 1.54) is 6.07 Å². The van der Waals surface area contributed by atoms with Crippen LogP contribution in [0.15, 0.2) is 18.2 Å². The van der Waals surface area contributed by atoms with E-state index in [0.717, 1.165) is 25.2 Å². The van der Waals surface area contributed by atoms with Crippen molar-refractivity contribution in [2.75, 3.05) is 18.8 Å². The molecule has 1 aliphatic rings. The molecule has 1 atom stereocenters. The van der Waals surface area contributed by atoms with E-state index in [1.807, 2.05) is 0 Å². The van der Waals surface area contributed by atoms with Gasteiger partial charge in [-0.15, -0.1) is 0 Å². The van der Waals surface area contributed by atoms with Gasteiger partial charge in [-0.1, -0.05) is 6.07 Å². The first kappa shape index (κ1) is 14.7. The van der Waals surface area contributed by atoms with E-state index in [-0.39, 0.29) is 23.1 Å². The number of ether oxygens (including phenoxy) is 1. The molecule has 2 N–H and O–H groups in total. The number of anilines is 1. The summed E-state index contributed by atoms with van der Waals surface area (Å²) >= 11 is 0. The summed E-state index contributed by atoms with van der Waals surface area (Å²) in [5.41, 5.74) is 6.71. The van der Waals surface area contributed by atoms with Gasteiger partial charge in [-0.25, -0.2) is 0 Å². The minimum absolute atomic E-state index is 0.0376. The summed E-state index contributed by atoms with van der Waals surface area (Å²) in [6.07, 6.45) is 0.175. The number of nitrogen functional groups attached to an aromatic ring is 1. The Hall–Kier alpha value is -1.66. The standard InChI is InChI=1S/C14H21N3O3/c1-10-7-16(9-14(2,3)20-10)8-11-4-5-13(17(18)19)12(15)6-11/h4-6,10H,7-9,15H2,1-3H3. The van der Waals surface area contributed by atoms with Crippen molar-refractivity contribution in [1.82, 2.24) is 4.90 Å². The summed E-state index contributed by atoms with van der Waals surface area (Å²) in [5, 5.41) is 10.7. The van der Waals surface area contributed by atoms with Crippen molar-refractivity contribution in [3.8, 4) is 0 Å². The molecule has 20 heavy (non-hydrogen) atoms. The second-order valence-corrected chi connectivity index (χ2v) is 6.01. The number of hydrogen-bond donors (Lipinski definition) is 1. The molecule has 0 amide bonds. The van der Waals surface area contributed by atoms with Crippen LogP contribution < -0.4 is 5.73 Å². The molecular weight excluding hydrogens is 258 g/mol. The van der Waals surface area contributed by atoms with E-state index in [4.69, 9.17) is 10.5 Å². The molecule has 1 heterocycles. The molecule has 1 aromatic carbocycles. The van der Waals surface area contributed by atoms with Crippen LogP contribution in [0.4, 0.5) is 11.4 Å². The van der Waals surface area contributed by atoms with Crippen molar-refractivity contribution < 1.29 is 9.66 Å². The van der Waals surface area contributed by atoms with Gasteiger partial charge in [-0.05, 0) is 32.4 Å². The molecule has 6 nitrogen and oxygen atoms in total. The van der Waals surface area contributed by atoms with Gasteiger partial charge in [-0.2, -0.15) is 0 Å². The van der Waals surface area contributed by atoms with Gasteiger partial charge in [0.2, 0.25) is 0 Å². The first-order valence-corrected chi connectivity index (χ1v) is 6.70. The van der Waals surface area contributed by atoms with Crippen LogP contribution in [-0.4, -0.2) is 34.6 Å². The fourth-order valence-corrected chi connectivity index (χ4v) is 2.83. The van der Waals surface area contributed by atoms with Crippen molar-refractivity contribution in [2.45, 2.75) is 39.0 Å². The van der Waals surface area contributed by atoms with Crippen LogP contribution in [0, 0.1) is 10.1 Å². The van der Waals surface area contributed by atoms with E-state index in [2.05, 4.69) is 25.7 Å². The van der Waals surface area contributed by atoms with Gasteiger partial charge >= 0.3 is 0 Å². The lowest BCUT2D eigenvalue weighted by Gasteiger charge is -2.41. The highest BCUT2D eigenvalue weighted by molar-refractivity contribution is 5.59. The van der Waals surface area contributed by atoms with Gasteiger partial charge in [-0.3, -0.25) is 15.0 Å². The summed E-state index contributed by atoms with van der Waals surface area (Å²) in [6, 6.07) is 4.92. The molecule has 1 aromatic rings. The van der Waals surface area contributed by atoms with Crippen LogP contribution in [0.5, 0.6) is 0 Å². The van der Waals surface area contributed by atoms with Crippen LogP contribution >= 0.6 is 0 Å². The van der Waals surface area contributed by atoms with Gasteiger partial charge in [0.15, 0.2) is 0 Å². The molecule has 0 spiro atoms. The highest BCUT2D eigenvalue weighted by Crippen LogP contribution is 2.25. The molecular formula is C14H21N3O3. The van der Waals surface area contributed by atoms with Crippen LogP contribution in [0.1, 0.15) is 26.3 Å². The number of nitrogens with zero attached hydrogens (tertiary/aromatic N) is 2. The Balaban J connectivity index is 2.10. The van der Waals surface area contributed by atoms with E-state index >= 15 is 0 Å². The predicted octanol–water partition coefficient (Wildman–Crippen LogP) is 2.18. The predicted molar refractivity (Wildman–Crippen MR) is 77.4 cm³/mol. The zero-order valence-electron chi connectivity index (χ0n) is 12.1. The molecule has 0 aromatic heterocycles. The number of benzene rings is 1. The molecule has 1 fully saturated rings. The summed E-state index contributed by atoms with van der Waals surface area (Å²) in [7, 11) is 0. The van der Waals surface area contributed by atoms with Crippen LogP contribution in [0.2, 0.25) is 0 Å². The van der Waals surface area contributed by atoms with Gasteiger partial charge in [0.05, 0.1) is 16.6 Å². The minimum atomic E-state index is -0.459. The molecule has 1 unspecified atom stereocenters. The quantitative estimate of drug-likeness (QED) is 0.521. The zero-order chi connectivity index (χ0) is 14.9. The number of rotatable bonds is 3. The lowest BCUT2D eigenvalue weighted by Crippen LogP contribution is -2.51. The Labute approximate surface area is 118 Å². The molecule has 0 radical (unpaired) electrons. The van der Waals surface area contributed by atoms with Crippen molar-refractivity contribution in [1.29, 1.82) is 0 Å². The largest absolute Gasteiger partial charge is 0.393 e. The highest BCUT2D eigenvalue weighted by Gasteiger charge is 2.31. The van der Waals surface area contributed by atoms with Crippen molar-refractivity contribution in [3.05, 3.63) is 33.9 Å². The zero-order valence-corrected chi connectivity index (χ0v) is 12.1. The summed E-state index contributed by atoms with van der Waals surface area (Å²) in [5.74, 6) is 0. The third-order valence-electron chi connectivity index (χ3n) is 3.33. The highest BCUT2D eigenvalue weighted by atomic mass is 16.6. The maximum Gasteiger partial charge on any atom is 0.292 e. The second kappa shape index (κ2) is 5.38. The lowest BCUT2D eigenvalue weighted by molar-refractivity contribution is -0.383. The average Bonchev–Trinajstić information content (AvgIpc) is 2.25. The lowest BCUT2D eigenvalue weighted by atomic mass is 10.0. The number of nitro benzene ring substituents is 1. The fraction of sp³-hybridized carbons (Fsp3) is 0.571. The Morgan fingerprint density at radius 1 is 1.55 bits per heavy atom.